The highest BCUT2D eigenvalue weighted by Crippen LogP contribution is 2.26. The lowest BCUT2D eigenvalue weighted by molar-refractivity contribution is -0.155. The molecule has 2 unspecified atom stereocenters. The van der Waals surface area contributed by atoms with Gasteiger partial charge in [-0.3, -0.25) is 24.0 Å². The minimum absolute atomic E-state index is 0.0310. The number of amides is 1. The molecule has 22 nitrogen and oxygen atoms in total. The van der Waals surface area contributed by atoms with Crippen LogP contribution in [0, 0.1) is 39.5 Å². The third-order valence-electron chi connectivity index (χ3n) is 16.5. The van der Waals surface area contributed by atoms with Crippen molar-refractivity contribution >= 4 is 60.0 Å². The Morgan fingerprint density at radius 3 is 0.953 bits per heavy atom. The van der Waals surface area contributed by atoms with E-state index in [2.05, 4.69) is 0 Å². The van der Waals surface area contributed by atoms with Crippen molar-refractivity contribution in [3.8, 4) is 0 Å². The van der Waals surface area contributed by atoms with Gasteiger partial charge >= 0.3 is 5.97 Å². The number of Topliss-reactive ketones (excluding diaryl/α,β-unsaturated/α-hetero) is 2. The lowest BCUT2D eigenvalue weighted by atomic mass is 9.92. The number of ether oxygens (including phenoxy) is 12. The Hall–Kier alpha value is -6.98. The predicted octanol–water partition coefficient (Wildman–Crippen LogP) is 11.8. The van der Waals surface area contributed by atoms with E-state index in [1.54, 1.807) is 101 Å². The fourth-order valence-electron chi connectivity index (χ4n) is 10.5. The van der Waals surface area contributed by atoms with E-state index in [-0.39, 0.29) is 77.1 Å². The van der Waals surface area contributed by atoms with Gasteiger partial charge in [0.05, 0.1) is 166 Å². The van der Waals surface area contributed by atoms with Crippen molar-refractivity contribution in [2.75, 3.05) is 170 Å². The van der Waals surface area contributed by atoms with Crippen molar-refractivity contribution in [3.05, 3.63) is 201 Å². The summed E-state index contributed by atoms with van der Waals surface area (Å²) in [7, 11) is -5.82. The first-order valence-electron chi connectivity index (χ1n) is 36.3. The molecule has 2 atom stereocenters. The number of benzene rings is 6. The Morgan fingerprint density at radius 2 is 0.654 bits per heavy atom. The average Bonchev–Trinajstić information content (AvgIpc) is 0.821. The van der Waals surface area contributed by atoms with E-state index in [1.807, 2.05) is 76.2 Å². The highest BCUT2D eigenvalue weighted by Gasteiger charge is 2.30. The summed E-state index contributed by atoms with van der Waals surface area (Å²) < 4.78 is 119. The van der Waals surface area contributed by atoms with Crippen LogP contribution in [0.3, 0.4) is 0 Å². The van der Waals surface area contributed by atoms with E-state index >= 15 is 0 Å². The van der Waals surface area contributed by atoms with Crippen LogP contribution in [0.15, 0.2) is 155 Å². The quantitative estimate of drug-likeness (QED) is 0.0149. The average molecular weight is 1550 g/mol. The Balaban J connectivity index is 0.000000529. The summed E-state index contributed by atoms with van der Waals surface area (Å²) in [5.74, 6) is -3.57. The second kappa shape index (κ2) is 50.7. The van der Waals surface area contributed by atoms with Gasteiger partial charge in [-0.15, -0.1) is 0 Å². The maximum Gasteiger partial charge on any atom is 0.308 e. The standard InChI is InChI=1S/C56H85NO17S.C26H25ClO4S/c1-46-7-11-48(12-8-46)13-14-51(45-75(61,62)52-19-9-47(2)10-20-52)54(59)49-15-17-50(18-16-49)55(60)57(22-21-53(58)74-56(3,4)5)23-24-64-27-28-66-31-32-68-35-36-70-39-40-72-43-44-73-42-41-71-38-37-69-34-33-67-30-29-65-26-25-63-6;1-18-3-7-20(8-4-18)9-10-23(17-32(30,31)24-15-5-19(2)6-16-24)25(28)21-11-13-22(14-12-21)26(27)29/h7-12,15-20,51H,13-14,21-45H2,1-6H3;3-8,11-16,23H,9-10,17H2,1-2H3. The molecule has 0 heterocycles. The second-order valence-electron chi connectivity index (χ2n) is 26.5. The van der Waals surface area contributed by atoms with Crippen molar-refractivity contribution in [1.82, 2.24) is 4.90 Å². The van der Waals surface area contributed by atoms with E-state index in [9.17, 15) is 40.8 Å². The molecule has 0 aromatic heterocycles. The Bertz CT molecular complexity index is 3760. The Kier molecular flexibility index (Phi) is 42.9. The van der Waals surface area contributed by atoms with Gasteiger partial charge in [0.1, 0.15) is 5.60 Å². The number of nitrogens with zero attached hydrogens (tertiary/aromatic N) is 1. The fraction of sp³-hybridized carbons (Fsp3) is 0.500. The van der Waals surface area contributed by atoms with Crippen LogP contribution in [-0.2, 0) is 94.2 Å². The molecule has 0 fully saturated rings. The number of carbonyl (C=O) groups is 5. The molecule has 0 aliphatic rings. The molecule has 6 rings (SSSR count). The third-order valence-corrected chi connectivity index (χ3v) is 20.4. The third kappa shape index (κ3) is 37.8. The van der Waals surface area contributed by atoms with Crippen molar-refractivity contribution in [3.63, 3.8) is 0 Å². The lowest BCUT2D eigenvalue weighted by Gasteiger charge is -2.24. The lowest BCUT2D eigenvalue weighted by Crippen LogP contribution is -2.37. The number of methoxy groups -OCH3 is 1. The zero-order valence-electron chi connectivity index (χ0n) is 63.4. The van der Waals surface area contributed by atoms with Crippen LogP contribution >= 0.6 is 11.6 Å². The highest BCUT2D eigenvalue weighted by atomic mass is 35.5. The molecular formula is C82H110ClNO21S2. The van der Waals surface area contributed by atoms with Crippen molar-refractivity contribution in [1.29, 1.82) is 0 Å². The molecule has 588 valence electrons. The van der Waals surface area contributed by atoms with Crippen LogP contribution in [0.2, 0.25) is 0 Å². The first-order valence-corrected chi connectivity index (χ1v) is 40.0. The normalized spacial score (nSPS) is 12.3. The molecule has 0 saturated carbocycles. The Morgan fingerprint density at radius 1 is 0.374 bits per heavy atom. The number of aryl methyl sites for hydroxylation is 6. The minimum atomic E-state index is -3.79. The monoisotopic (exact) mass is 1540 g/mol. The van der Waals surface area contributed by atoms with Gasteiger partial charge in [-0.1, -0.05) is 119 Å². The molecule has 1 amide bonds. The molecule has 107 heavy (non-hydrogen) atoms. The summed E-state index contributed by atoms with van der Waals surface area (Å²) in [6.45, 7) is 22.6. The number of sulfone groups is 2. The van der Waals surface area contributed by atoms with Gasteiger partial charge < -0.3 is 61.7 Å². The summed E-state index contributed by atoms with van der Waals surface area (Å²) in [4.78, 5) is 67.1. The predicted molar refractivity (Wildman–Crippen MR) is 411 cm³/mol. The van der Waals surface area contributed by atoms with E-state index in [4.69, 9.17) is 68.4 Å². The fourth-order valence-corrected chi connectivity index (χ4v) is 13.8. The number of hydrogen-bond donors (Lipinski definition) is 0. The van der Waals surface area contributed by atoms with Gasteiger partial charge in [-0.05, 0) is 145 Å². The smallest absolute Gasteiger partial charge is 0.308 e. The largest absolute Gasteiger partial charge is 0.460 e. The summed E-state index contributed by atoms with van der Waals surface area (Å²) in [6, 6.07) is 41.4. The van der Waals surface area contributed by atoms with Crippen LogP contribution in [0.4, 0.5) is 0 Å². The van der Waals surface area contributed by atoms with Crippen molar-refractivity contribution in [2.24, 2.45) is 11.8 Å². The molecule has 0 N–H and O–H groups in total. The maximum absolute atomic E-state index is 14.1. The molecule has 6 aromatic carbocycles. The van der Waals surface area contributed by atoms with E-state index in [0.717, 1.165) is 33.4 Å². The second-order valence-corrected chi connectivity index (χ2v) is 30.9. The highest BCUT2D eigenvalue weighted by molar-refractivity contribution is 7.91. The topological polar surface area (TPSA) is 268 Å². The van der Waals surface area contributed by atoms with Crippen LogP contribution in [0.25, 0.3) is 0 Å². The molecule has 6 aromatic rings. The molecule has 0 spiro atoms. The molecule has 0 radical (unpaired) electrons. The van der Waals surface area contributed by atoms with E-state index in [1.165, 1.54) is 29.2 Å². The van der Waals surface area contributed by atoms with Gasteiger partial charge in [0.15, 0.2) is 31.2 Å². The van der Waals surface area contributed by atoms with Gasteiger partial charge in [-0.2, -0.15) is 0 Å². The van der Waals surface area contributed by atoms with Crippen LogP contribution in [0.5, 0.6) is 0 Å². The first-order chi connectivity index (χ1) is 51.3. The summed E-state index contributed by atoms with van der Waals surface area (Å²) >= 11 is 5.49. The SMILES string of the molecule is COCCOCCOCCOCCOCCOCCOCCOCCOCCOCCOCCN(CCC(=O)OC(C)(C)C)C(=O)c1ccc(C(=O)C(CCc2ccc(C)cc2)CS(=O)(=O)c2ccc(C)cc2)cc1.Cc1ccc(CCC(CS(=O)(=O)c2ccc(C)cc2)C(=O)c2ccc(C(=O)Cl)cc2)cc1. The number of halogens is 1. The van der Waals surface area contributed by atoms with Crippen LogP contribution in [-0.4, -0.2) is 226 Å². The van der Waals surface area contributed by atoms with Gasteiger partial charge in [-0.25, -0.2) is 16.8 Å². The number of ketones is 2. The number of esters is 1. The van der Waals surface area contributed by atoms with E-state index in [0.29, 0.717) is 168 Å². The van der Waals surface area contributed by atoms with E-state index < -0.39 is 48.3 Å². The molecular weight excluding hydrogens is 1430 g/mol. The Labute approximate surface area is 638 Å². The minimum Gasteiger partial charge on any atom is -0.460 e. The molecule has 0 bridgehead atoms. The van der Waals surface area contributed by atoms with Gasteiger partial charge in [0.25, 0.3) is 11.1 Å². The number of carbonyl (C=O) groups excluding carboxylic acids is 5. The van der Waals surface area contributed by atoms with Crippen molar-refractivity contribution < 1.29 is 97.7 Å². The summed E-state index contributed by atoms with van der Waals surface area (Å²) in [5, 5.41) is -0.609. The number of hydrogen-bond acceptors (Lipinski definition) is 21. The number of rotatable bonds is 54. The molecule has 25 heteroatoms. The molecule has 0 saturated heterocycles. The van der Waals surface area contributed by atoms with Crippen LogP contribution < -0.4 is 0 Å². The zero-order chi connectivity index (χ0) is 77.7. The molecule has 0 aliphatic heterocycles. The zero-order valence-corrected chi connectivity index (χ0v) is 65.8. The molecule has 0 aliphatic carbocycles. The van der Waals surface area contributed by atoms with Crippen molar-refractivity contribution in [2.45, 2.75) is 96.0 Å². The maximum atomic E-state index is 14.1. The summed E-state index contributed by atoms with van der Waals surface area (Å²) in [6.07, 6.45) is 1.78. The van der Waals surface area contributed by atoms with Gasteiger partial charge in [0, 0.05) is 54.3 Å². The van der Waals surface area contributed by atoms with Gasteiger partial charge in [0.2, 0.25) is 0 Å². The first kappa shape index (κ1) is 90.6. The summed E-state index contributed by atoms with van der Waals surface area (Å²) in [5.41, 5.74) is 6.74. The van der Waals surface area contributed by atoms with Crippen LogP contribution in [0.1, 0.15) is 115 Å².